The van der Waals surface area contributed by atoms with Gasteiger partial charge in [-0.1, -0.05) is 34.3 Å². The van der Waals surface area contributed by atoms with Gasteiger partial charge in [-0.05, 0) is 24.6 Å². The summed E-state index contributed by atoms with van der Waals surface area (Å²) in [6.45, 7) is 15.3. The maximum atomic E-state index is 5.55. The molecule has 0 rings (SSSR count). The van der Waals surface area contributed by atoms with Crippen LogP contribution in [-0.2, 0) is 0 Å². The predicted octanol–water partition coefficient (Wildman–Crippen LogP) is 2.13. The molecular formula is C14H30N4. The molecule has 0 aromatic rings. The number of hydrogen-bond acceptors (Lipinski definition) is 3. The lowest BCUT2D eigenvalue weighted by Crippen LogP contribution is -2.31. The lowest BCUT2D eigenvalue weighted by molar-refractivity contribution is 0.318. The van der Waals surface area contributed by atoms with E-state index < -0.39 is 0 Å². The van der Waals surface area contributed by atoms with Crippen LogP contribution in [0, 0.1) is 0 Å². The molecule has 0 fully saturated rings. The van der Waals surface area contributed by atoms with Crippen molar-refractivity contribution in [2.24, 2.45) is 16.5 Å². The Bertz CT molecular complexity index is 257. The van der Waals surface area contributed by atoms with E-state index in [1.54, 1.807) is 6.08 Å². The summed E-state index contributed by atoms with van der Waals surface area (Å²) in [6.07, 6.45) is 4.34. The van der Waals surface area contributed by atoms with Crippen LogP contribution < -0.4 is 11.5 Å². The Labute approximate surface area is 112 Å². The van der Waals surface area contributed by atoms with Crippen molar-refractivity contribution in [1.82, 2.24) is 4.90 Å². The second kappa shape index (κ2) is 13.9. The minimum absolute atomic E-state index is 0.452. The second-order valence-electron chi connectivity index (χ2n) is 3.56. The van der Waals surface area contributed by atoms with Gasteiger partial charge in [-0.2, -0.15) is 0 Å². The van der Waals surface area contributed by atoms with Gasteiger partial charge in [0.05, 0.1) is 0 Å². The first-order chi connectivity index (χ1) is 8.67. The monoisotopic (exact) mass is 254 g/mol. The number of amidine groups is 1. The summed E-state index contributed by atoms with van der Waals surface area (Å²) in [6, 6.07) is 0. The van der Waals surface area contributed by atoms with Crippen LogP contribution in [0.4, 0.5) is 0 Å². The highest BCUT2D eigenvalue weighted by Crippen LogP contribution is 2.04. The highest BCUT2D eigenvalue weighted by Gasteiger charge is 2.03. The van der Waals surface area contributed by atoms with Crippen LogP contribution in [0.1, 0.15) is 34.1 Å². The lowest BCUT2D eigenvalue weighted by atomic mass is 10.2. The third-order valence-corrected chi connectivity index (χ3v) is 2.38. The second-order valence-corrected chi connectivity index (χ2v) is 3.56. The zero-order chi connectivity index (χ0) is 14.4. The number of likely N-dealkylation sites (N-methyl/N-ethyl adjacent to an activating group) is 1. The highest BCUT2D eigenvalue weighted by molar-refractivity contribution is 5.91. The van der Waals surface area contributed by atoms with Crippen molar-refractivity contribution in [2.75, 3.05) is 26.2 Å². The van der Waals surface area contributed by atoms with Crippen LogP contribution >= 0.6 is 0 Å². The van der Waals surface area contributed by atoms with Crippen LogP contribution in [-0.4, -0.2) is 36.9 Å². The highest BCUT2D eigenvalue weighted by atomic mass is 15.1. The van der Waals surface area contributed by atoms with Gasteiger partial charge in [0.2, 0.25) is 0 Å². The Hall–Kier alpha value is -1.13. The first kappa shape index (κ1) is 19.2. The molecule has 106 valence electrons. The first-order valence-corrected chi connectivity index (χ1v) is 6.73. The van der Waals surface area contributed by atoms with Gasteiger partial charge in [-0.25, -0.2) is 4.99 Å². The van der Waals surface area contributed by atoms with Gasteiger partial charge >= 0.3 is 0 Å². The van der Waals surface area contributed by atoms with Crippen molar-refractivity contribution < 1.29 is 0 Å². The van der Waals surface area contributed by atoms with Crippen LogP contribution in [0.3, 0.4) is 0 Å². The predicted molar refractivity (Wildman–Crippen MR) is 82.7 cm³/mol. The van der Waals surface area contributed by atoms with Crippen LogP contribution in [0.2, 0.25) is 0 Å². The van der Waals surface area contributed by atoms with Crippen molar-refractivity contribution in [3.05, 3.63) is 24.4 Å². The first-order valence-electron chi connectivity index (χ1n) is 6.73. The van der Waals surface area contributed by atoms with Crippen molar-refractivity contribution in [3.63, 3.8) is 0 Å². The van der Waals surface area contributed by atoms with E-state index >= 15 is 0 Å². The molecule has 0 saturated carbocycles. The summed E-state index contributed by atoms with van der Waals surface area (Å²) in [5.74, 6) is 0.452. The Balaban J connectivity index is 0. The Kier molecular flexibility index (Phi) is 14.9. The maximum absolute atomic E-state index is 5.55. The summed E-state index contributed by atoms with van der Waals surface area (Å²) in [5.41, 5.74) is 12.3. The molecule has 0 aliphatic heterocycles. The topological polar surface area (TPSA) is 67.6 Å². The molecule has 4 nitrogen and oxygen atoms in total. The van der Waals surface area contributed by atoms with Gasteiger partial charge in [0.25, 0.3) is 0 Å². The standard InChI is InChI=1S/C12H24N4.C2H6/c1-4-11(9-15-12(14)5-2)10-16(6-3)8-7-13;1-2/h5,9H,2,4,6-8,10,13H2,1,3H3,(H2,14,15);1-2H3/b11-9+;. The van der Waals surface area contributed by atoms with Crippen molar-refractivity contribution in [3.8, 4) is 0 Å². The summed E-state index contributed by atoms with van der Waals surface area (Å²) < 4.78 is 0. The van der Waals surface area contributed by atoms with E-state index in [1.807, 2.05) is 20.0 Å². The van der Waals surface area contributed by atoms with Crippen molar-refractivity contribution >= 4 is 5.84 Å². The molecule has 4 N–H and O–H groups in total. The summed E-state index contributed by atoms with van der Waals surface area (Å²) in [7, 11) is 0. The molecule has 0 unspecified atom stereocenters. The van der Waals surface area contributed by atoms with Gasteiger partial charge < -0.3 is 11.5 Å². The summed E-state index contributed by atoms with van der Waals surface area (Å²) in [5, 5.41) is 0. The van der Waals surface area contributed by atoms with E-state index in [0.29, 0.717) is 12.4 Å². The number of nitrogens with two attached hydrogens (primary N) is 2. The molecule has 18 heavy (non-hydrogen) atoms. The third-order valence-electron chi connectivity index (χ3n) is 2.38. The molecule has 0 aliphatic rings. The fourth-order valence-electron chi connectivity index (χ4n) is 1.28. The van der Waals surface area contributed by atoms with E-state index in [9.17, 15) is 0 Å². The molecule has 0 bridgehead atoms. The molecule has 0 aromatic carbocycles. The van der Waals surface area contributed by atoms with E-state index in [0.717, 1.165) is 26.1 Å². The third kappa shape index (κ3) is 10.1. The van der Waals surface area contributed by atoms with Gasteiger partial charge in [-0.15, -0.1) is 0 Å². The van der Waals surface area contributed by atoms with Crippen LogP contribution in [0.15, 0.2) is 29.4 Å². The largest absolute Gasteiger partial charge is 0.384 e. The van der Waals surface area contributed by atoms with Crippen molar-refractivity contribution in [1.29, 1.82) is 0 Å². The van der Waals surface area contributed by atoms with Crippen molar-refractivity contribution in [2.45, 2.75) is 34.1 Å². The molecular weight excluding hydrogens is 224 g/mol. The number of hydrogen-bond donors (Lipinski definition) is 2. The van der Waals surface area contributed by atoms with Crippen LogP contribution in [0.25, 0.3) is 0 Å². The Morgan fingerprint density at radius 3 is 2.33 bits per heavy atom. The zero-order valence-electron chi connectivity index (χ0n) is 12.4. The molecule has 0 amide bonds. The molecule has 4 heteroatoms. The maximum Gasteiger partial charge on any atom is 0.122 e. The fourth-order valence-corrected chi connectivity index (χ4v) is 1.28. The number of rotatable bonds is 8. The molecule has 0 aliphatic carbocycles. The van der Waals surface area contributed by atoms with E-state index in [1.165, 1.54) is 5.57 Å². The van der Waals surface area contributed by atoms with Gasteiger partial charge in [0.1, 0.15) is 5.84 Å². The molecule has 0 heterocycles. The minimum atomic E-state index is 0.452. The summed E-state index contributed by atoms with van der Waals surface area (Å²) >= 11 is 0. The Morgan fingerprint density at radius 2 is 1.94 bits per heavy atom. The van der Waals surface area contributed by atoms with E-state index in [2.05, 4.69) is 30.3 Å². The molecule has 0 saturated heterocycles. The minimum Gasteiger partial charge on any atom is -0.384 e. The van der Waals surface area contributed by atoms with Crippen LogP contribution in [0.5, 0.6) is 0 Å². The molecule has 0 radical (unpaired) electrons. The van der Waals surface area contributed by atoms with Gasteiger partial charge in [0, 0.05) is 25.8 Å². The SMILES string of the molecule is C=CC(N)=N/C=C(\CC)CN(CC)CCN.CC. The lowest BCUT2D eigenvalue weighted by Gasteiger charge is -2.20. The quantitative estimate of drug-likeness (QED) is 0.515. The molecule has 0 spiro atoms. The van der Waals surface area contributed by atoms with E-state index in [4.69, 9.17) is 11.5 Å². The van der Waals surface area contributed by atoms with Gasteiger partial charge in [-0.3, -0.25) is 4.90 Å². The smallest absolute Gasteiger partial charge is 0.122 e. The number of nitrogens with zero attached hydrogens (tertiary/aromatic N) is 2. The average Bonchev–Trinajstić information content (AvgIpc) is 2.43. The fraction of sp³-hybridized carbons (Fsp3) is 0.643. The molecule has 0 atom stereocenters. The normalized spacial score (nSPS) is 12.1. The van der Waals surface area contributed by atoms with Gasteiger partial charge in [0.15, 0.2) is 0 Å². The van der Waals surface area contributed by atoms with E-state index in [-0.39, 0.29) is 0 Å². The zero-order valence-corrected chi connectivity index (χ0v) is 12.4. The Morgan fingerprint density at radius 1 is 1.33 bits per heavy atom. The summed E-state index contributed by atoms with van der Waals surface area (Å²) in [4.78, 5) is 6.40. The number of aliphatic imine (C=N–C) groups is 1. The molecule has 0 aromatic heterocycles. The average molecular weight is 254 g/mol.